The maximum atomic E-state index is 13.5. The molecule has 5 nitrogen and oxygen atoms in total. The van der Waals surface area contributed by atoms with Gasteiger partial charge < -0.3 is 10.1 Å². The predicted molar refractivity (Wildman–Crippen MR) is 78.0 cm³/mol. The van der Waals surface area contributed by atoms with Gasteiger partial charge in [-0.05, 0) is 30.7 Å². The van der Waals surface area contributed by atoms with E-state index >= 15 is 0 Å². The van der Waals surface area contributed by atoms with Crippen LogP contribution in [0.5, 0.6) is 0 Å². The van der Waals surface area contributed by atoms with Gasteiger partial charge in [0.25, 0.3) is 0 Å². The summed E-state index contributed by atoms with van der Waals surface area (Å²) in [6.45, 7) is 3.97. The minimum atomic E-state index is -3.73. The lowest BCUT2D eigenvalue weighted by atomic mass is 10.2. The number of hydrogen-bond acceptors (Lipinski definition) is 4. The zero-order chi connectivity index (χ0) is 15.5. The molecule has 0 aliphatic carbocycles. The van der Waals surface area contributed by atoms with E-state index in [-0.39, 0.29) is 10.9 Å². The third kappa shape index (κ3) is 3.60. The van der Waals surface area contributed by atoms with Crippen molar-refractivity contribution in [3.8, 4) is 0 Å². The van der Waals surface area contributed by atoms with E-state index in [0.717, 1.165) is 6.07 Å². The van der Waals surface area contributed by atoms with Gasteiger partial charge in [0.15, 0.2) is 0 Å². The Kier molecular flexibility index (Phi) is 5.32. The van der Waals surface area contributed by atoms with Crippen LogP contribution in [0.4, 0.5) is 4.39 Å². The highest BCUT2D eigenvalue weighted by Crippen LogP contribution is 2.24. The molecule has 1 saturated heterocycles. The number of rotatable bonds is 6. The average Bonchev–Trinajstić information content (AvgIpc) is 2.99. The molecule has 118 valence electrons. The molecule has 1 unspecified atom stereocenters. The summed E-state index contributed by atoms with van der Waals surface area (Å²) in [5.41, 5.74) is 0.573. The Bertz CT molecular complexity index is 586. The van der Waals surface area contributed by atoms with Crippen LogP contribution in [0.1, 0.15) is 18.9 Å². The van der Waals surface area contributed by atoms with Gasteiger partial charge in [-0.2, -0.15) is 4.31 Å². The molecule has 21 heavy (non-hydrogen) atoms. The first kappa shape index (κ1) is 16.4. The van der Waals surface area contributed by atoms with Crippen molar-refractivity contribution in [3.05, 3.63) is 29.6 Å². The molecule has 0 aromatic heterocycles. The van der Waals surface area contributed by atoms with Crippen molar-refractivity contribution in [1.82, 2.24) is 9.62 Å². The molecule has 0 radical (unpaired) electrons. The zero-order valence-electron chi connectivity index (χ0n) is 12.3. The molecule has 0 bridgehead atoms. The fraction of sp³-hybridized carbons (Fsp3) is 0.571. The van der Waals surface area contributed by atoms with Gasteiger partial charge in [0.05, 0.1) is 17.5 Å². The van der Waals surface area contributed by atoms with E-state index in [1.165, 1.54) is 23.5 Å². The van der Waals surface area contributed by atoms with Gasteiger partial charge in [-0.3, -0.25) is 0 Å². The zero-order valence-corrected chi connectivity index (χ0v) is 13.1. The number of nitrogens with zero attached hydrogens (tertiary/aromatic N) is 1. The number of sulfonamides is 1. The summed E-state index contributed by atoms with van der Waals surface area (Å²) in [7, 11) is -2.21. The summed E-state index contributed by atoms with van der Waals surface area (Å²) in [5.74, 6) is -0.551. The van der Waals surface area contributed by atoms with Crippen LogP contribution in [0.2, 0.25) is 0 Å². The normalized spacial score (nSPS) is 19.3. The number of hydrogen-bond donors (Lipinski definition) is 1. The SMILES string of the molecule is CCNCc1ccc(F)cc1S(=O)(=O)N(C)C1CCOC1. The highest BCUT2D eigenvalue weighted by atomic mass is 32.2. The van der Waals surface area contributed by atoms with Crippen molar-refractivity contribution < 1.29 is 17.5 Å². The van der Waals surface area contributed by atoms with Gasteiger partial charge in [0.2, 0.25) is 10.0 Å². The summed E-state index contributed by atoms with van der Waals surface area (Å²) in [6, 6.07) is 3.70. The van der Waals surface area contributed by atoms with Crippen LogP contribution in [0.25, 0.3) is 0 Å². The van der Waals surface area contributed by atoms with Crippen molar-refractivity contribution in [2.45, 2.75) is 30.8 Å². The van der Waals surface area contributed by atoms with E-state index < -0.39 is 15.8 Å². The number of likely N-dealkylation sites (N-methyl/N-ethyl adjacent to an activating group) is 1. The van der Waals surface area contributed by atoms with Gasteiger partial charge in [0.1, 0.15) is 5.82 Å². The quantitative estimate of drug-likeness (QED) is 0.860. The molecule has 0 saturated carbocycles. The molecule has 2 rings (SSSR count). The van der Waals surface area contributed by atoms with Crippen molar-refractivity contribution in [3.63, 3.8) is 0 Å². The molecular weight excluding hydrogens is 295 g/mol. The summed E-state index contributed by atoms with van der Waals surface area (Å²) in [4.78, 5) is 0.0258. The Morgan fingerprint density at radius 3 is 2.86 bits per heavy atom. The number of nitrogens with one attached hydrogen (secondary N) is 1. The van der Waals surface area contributed by atoms with Crippen LogP contribution in [-0.2, 0) is 21.3 Å². The molecule has 0 amide bonds. The van der Waals surface area contributed by atoms with E-state index in [1.54, 1.807) is 0 Å². The molecule has 1 aromatic carbocycles. The summed E-state index contributed by atoms with van der Waals surface area (Å²) in [5, 5.41) is 3.07. The molecule has 1 aliphatic heterocycles. The third-order valence-electron chi connectivity index (χ3n) is 3.67. The van der Waals surface area contributed by atoms with E-state index in [0.29, 0.717) is 38.3 Å². The smallest absolute Gasteiger partial charge is 0.243 e. The molecule has 1 atom stereocenters. The van der Waals surface area contributed by atoms with Crippen LogP contribution < -0.4 is 5.32 Å². The van der Waals surface area contributed by atoms with E-state index in [2.05, 4.69) is 5.32 Å². The monoisotopic (exact) mass is 316 g/mol. The first-order valence-electron chi connectivity index (χ1n) is 7.01. The Balaban J connectivity index is 2.35. The van der Waals surface area contributed by atoms with Crippen molar-refractivity contribution in [1.29, 1.82) is 0 Å². The maximum absolute atomic E-state index is 13.5. The lowest BCUT2D eigenvalue weighted by molar-refractivity contribution is 0.181. The molecule has 1 fully saturated rings. The van der Waals surface area contributed by atoms with Crippen LogP contribution in [0, 0.1) is 5.82 Å². The average molecular weight is 316 g/mol. The Morgan fingerprint density at radius 1 is 1.48 bits per heavy atom. The fourth-order valence-corrected chi connectivity index (χ4v) is 3.94. The second-order valence-corrected chi connectivity index (χ2v) is 7.04. The Morgan fingerprint density at radius 2 is 2.24 bits per heavy atom. The first-order valence-corrected chi connectivity index (χ1v) is 8.45. The van der Waals surface area contributed by atoms with E-state index in [1.807, 2.05) is 6.92 Å². The Hall–Kier alpha value is -1.02. The minimum absolute atomic E-state index is 0.0258. The Labute approximate surface area is 125 Å². The molecule has 1 aliphatic rings. The minimum Gasteiger partial charge on any atom is -0.380 e. The van der Waals surface area contributed by atoms with Gasteiger partial charge >= 0.3 is 0 Å². The van der Waals surface area contributed by atoms with Crippen molar-refractivity contribution >= 4 is 10.0 Å². The lowest BCUT2D eigenvalue weighted by Crippen LogP contribution is -2.38. The van der Waals surface area contributed by atoms with Gasteiger partial charge in [-0.1, -0.05) is 13.0 Å². The topological polar surface area (TPSA) is 58.6 Å². The molecular formula is C14H21FN2O3S. The van der Waals surface area contributed by atoms with Gasteiger partial charge in [-0.25, -0.2) is 12.8 Å². The van der Waals surface area contributed by atoms with Crippen LogP contribution in [-0.4, -0.2) is 45.6 Å². The molecule has 1 aromatic rings. The van der Waals surface area contributed by atoms with Crippen LogP contribution in [0.15, 0.2) is 23.1 Å². The largest absolute Gasteiger partial charge is 0.380 e. The van der Waals surface area contributed by atoms with Crippen molar-refractivity contribution in [2.75, 3.05) is 26.8 Å². The fourth-order valence-electron chi connectivity index (χ4n) is 2.33. The number of benzene rings is 1. The predicted octanol–water partition coefficient (Wildman–Crippen LogP) is 1.34. The van der Waals surface area contributed by atoms with E-state index in [9.17, 15) is 12.8 Å². The molecule has 7 heteroatoms. The summed E-state index contributed by atoms with van der Waals surface area (Å²) < 4.78 is 45.5. The van der Waals surface area contributed by atoms with Crippen LogP contribution in [0.3, 0.4) is 0 Å². The molecule has 1 heterocycles. The van der Waals surface area contributed by atoms with Crippen molar-refractivity contribution in [2.24, 2.45) is 0 Å². The van der Waals surface area contributed by atoms with Crippen LogP contribution >= 0.6 is 0 Å². The second kappa shape index (κ2) is 6.83. The number of halogens is 1. The maximum Gasteiger partial charge on any atom is 0.243 e. The highest BCUT2D eigenvalue weighted by molar-refractivity contribution is 7.89. The molecule has 0 spiro atoms. The molecule has 1 N–H and O–H groups in total. The standard InChI is InChI=1S/C14H21FN2O3S/c1-3-16-9-11-4-5-12(15)8-14(11)21(18,19)17(2)13-6-7-20-10-13/h4-5,8,13,16H,3,6-7,9-10H2,1-2H3. The second-order valence-electron chi connectivity index (χ2n) is 5.07. The first-order chi connectivity index (χ1) is 9.96. The van der Waals surface area contributed by atoms with Gasteiger partial charge in [0, 0.05) is 20.2 Å². The van der Waals surface area contributed by atoms with Gasteiger partial charge in [-0.15, -0.1) is 0 Å². The number of ether oxygens (including phenoxy) is 1. The van der Waals surface area contributed by atoms with E-state index in [4.69, 9.17) is 4.74 Å². The lowest BCUT2D eigenvalue weighted by Gasteiger charge is -2.24. The summed E-state index contributed by atoms with van der Waals surface area (Å²) in [6.07, 6.45) is 0.660. The third-order valence-corrected chi connectivity index (χ3v) is 5.66. The highest BCUT2D eigenvalue weighted by Gasteiger charge is 2.32. The summed E-state index contributed by atoms with van der Waals surface area (Å²) >= 11 is 0.